The summed E-state index contributed by atoms with van der Waals surface area (Å²) in [5.41, 5.74) is 2.15. The minimum atomic E-state index is -0.295. The molecule has 1 aromatic carbocycles. The number of aryl methyl sites for hydroxylation is 1. The molecule has 3 rings (SSSR count). The molecule has 0 unspecified atom stereocenters. The van der Waals surface area contributed by atoms with Crippen LogP contribution in [0, 0.1) is 6.92 Å². The highest BCUT2D eigenvalue weighted by molar-refractivity contribution is 7.10. The minimum absolute atomic E-state index is 0.0810. The van der Waals surface area contributed by atoms with Crippen LogP contribution in [0.15, 0.2) is 53.2 Å². The van der Waals surface area contributed by atoms with Gasteiger partial charge in [-0.2, -0.15) is 0 Å². The Morgan fingerprint density at radius 1 is 0.828 bits per heavy atom. The molecule has 0 fully saturated rings. The maximum Gasteiger partial charge on any atom is 0.319 e. The second-order valence-electron chi connectivity index (χ2n) is 6.70. The SMILES string of the molecule is Cc1ccc(NC(=O)N[C@H](C)c2cccs2)cc1NC(=O)N[C@H](C)c1cccs1. The first-order valence-electron chi connectivity index (χ1n) is 9.25. The van der Waals surface area contributed by atoms with Crippen LogP contribution < -0.4 is 21.3 Å². The average molecular weight is 429 g/mol. The molecule has 0 aliphatic carbocycles. The molecule has 4 N–H and O–H groups in total. The van der Waals surface area contributed by atoms with E-state index in [0.29, 0.717) is 11.4 Å². The molecule has 152 valence electrons. The van der Waals surface area contributed by atoms with E-state index in [4.69, 9.17) is 0 Å². The Bertz CT molecular complexity index is 955. The zero-order valence-electron chi connectivity index (χ0n) is 16.5. The number of carbonyl (C=O) groups excluding carboxylic acids is 2. The van der Waals surface area contributed by atoms with Crippen molar-refractivity contribution in [3.8, 4) is 0 Å². The van der Waals surface area contributed by atoms with Crippen LogP contribution in [0.1, 0.15) is 41.2 Å². The van der Waals surface area contributed by atoms with E-state index in [0.717, 1.165) is 15.3 Å². The largest absolute Gasteiger partial charge is 0.331 e. The smallest absolute Gasteiger partial charge is 0.319 e. The van der Waals surface area contributed by atoms with Gasteiger partial charge in [0.15, 0.2) is 0 Å². The van der Waals surface area contributed by atoms with Gasteiger partial charge in [0.25, 0.3) is 0 Å². The number of rotatable bonds is 6. The van der Waals surface area contributed by atoms with Gasteiger partial charge in [0.05, 0.1) is 12.1 Å². The normalized spacial score (nSPS) is 12.7. The third-order valence-corrected chi connectivity index (χ3v) is 6.49. The number of hydrogen-bond acceptors (Lipinski definition) is 4. The van der Waals surface area contributed by atoms with Gasteiger partial charge in [-0.15, -0.1) is 22.7 Å². The Kier molecular flexibility index (Phi) is 6.90. The van der Waals surface area contributed by atoms with Crippen LogP contribution >= 0.6 is 22.7 Å². The zero-order chi connectivity index (χ0) is 20.8. The number of amides is 4. The summed E-state index contributed by atoms with van der Waals surface area (Å²) in [7, 11) is 0. The molecule has 6 nitrogen and oxygen atoms in total. The van der Waals surface area contributed by atoms with E-state index < -0.39 is 0 Å². The van der Waals surface area contributed by atoms with E-state index in [1.165, 1.54) is 0 Å². The number of carbonyl (C=O) groups is 2. The first-order chi connectivity index (χ1) is 13.9. The van der Waals surface area contributed by atoms with Gasteiger partial charge in [0.1, 0.15) is 0 Å². The summed E-state index contributed by atoms with van der Waals surface area (Å²) >= 11 is 3.20. The van der Waals surface area contributed by atoms with Gasteiger partial charge in [-0.1, -0.05) is 18.2 Å². The van der Waals surface area contributed by atoms with E-state index >= 15 is 0 Å². The lowest BCUT2D eigenvalue weighted by atomic mass is 10.2. The second kappa shape index (κ2) is 9.58. The summed E-state index contributed by atoms with van der Waals surface area (Å²) in [4.78, 5) is 26.8. The highest BCUT2D eigenvalue weighted by atomic mass is 32.1. The summed E-state index contributed by atoms with van der Waals surface area (Å²) in [6.07, 6.45) is 0. The standard InChI is InChI=1S/C21H24N4O2S2/c1-13-8-9-16(24-20(26)22-14(2)18-6-4-10-28-18)12-17(13)25-21(27)23-15(3)19-7-5-11-29-19/h4-12,14-15H,1-3H3,(H2,22,24,26)(H2,23,25,27)/t14-,15-/m1/s1. The predicted molar refractivity (Wildman–Crippen MR) is 121 cm³/mol. The molecule has 0 bridgehead atoms. The van der Waals surface area contributed by atoms with Crippen molar-refractivity contribution in [1.82, 2.24) is 10.6 Å². The van der Waals surface area contributed by atoms with Crippen molar-refractivity contribution in [3.63, 3.8) is 0 Å². The molecule has 2 aromatic heterocycles. The maximum atomic E-state index is 12.4. The molecular weight excluding hydrogens is 404 g/mol. The molecule has 0 saturated carbocycles. The average Bonchev–Trinajstić information content (AvgIpc) is 3.38. The van der Waals surface area contributed by atoms with Crippen LogP contribution in [-0.4, -0.2) is 12.1 Å². The summed E-state index contributed by atoms with van der Waals surface area (Å²) in [5, 5.41) is 15.5. The minimum Gasteiger partial charge on any atom is -0.331 e. The van der Waals surface area contributed by atoms with Crippen molar-refractivity contribution in [2.24, 2.45) is 0 Å². The molecule has 0 saturated heterocycles. The van der Waals surface area contributed by atoms with Crippen molar-refractivity contribution < 1.29 is 9.59 Å². The Morgan fingerprint density at radius 2 is 1.38 bits per heavy atom. The topological polar surface area (TPSA) is 82.3 Å². The van der Waals surface area contributed by atoms with Gasteiger partial charge in [-0.25, -0.2) is 9.59 Å². The van der Waals surface area contributed by atoms with E-state index in [1.807, 2.05) is 67.9 Å². The van der Waals surface area contributed by atoms with Crippen LogP contribution in [0.2, 0.25) is 0 Å². The van der Waals surface area contributed by atoms with Gasteiger partial charge in [0, 0.05) is 21.1 Å². The first-order valence-corrected chi connectivity index (χ1v) is 11.0. The van der Waals surface area contributed by atoms with Crippen molar-refractivity contribution >= 4 is 46.1 Å². The van der Waals surface area contributed by atoms with Crippen molar-refractivity contribution in [2.45, 2.75) is 32.9 Å². The van der Waals surface area contributed by atoms with E-state index in [2.05, 4.69) is 21.3 Å². The molecule has 0 aliphatic rings. The van der Waals surface area contributed by atoms with Crippen LogP contribution in [0.4, 0.5) is 21.0 Å². The van der Waals surface area contributed by atoms with Gasteiger partial charge < -0.3 is 21.3 Å². The maximum absolute atomic E-state index is 12.4. The number of urea groups is 2. The number of benzene rings is 1. The number of thiophene rings is 2. The van der Waals surface area contributed by atoms with Crippen molar-refractivity contribution in [3.05, 3.63) is 68.5 Å². The van der Waals surface area contributed by atoms with E-state index in [9.17, 15) is 9.59 Å². The fourth-order valence-electron chi connectivity index (χ4n) is 2.77. The van der Waals surface area contributed by atoms with Crippen LogP contribution in [-0.2, 0) is 0 Å². The molecule has 0 aliphatic heterocycles. The lowest BCUT2D eigenvalue weighted by Crippen LogP contribution is -2.31. The van der Waals surface area contributed by atoms with Gasteiger partial charge in [-0.05, 0) is 61.4 Å². The van der Waals surface area contributed by atoms with Crippen molar-refractivity contribution in [2.75, 3.05) is 10.6 Å². The quantitative estimate of drug-likeness (QED) is 0.395. The number of anilines is 2. The third kappa shape index (κ3) is 5.82. The summed E-state index contributed by atoms with van der Waals surface area (Å²) in [6, 6.07) is 12.6. The van der Waals surface area contributed by atoms with Crippen LogP contribution in [0.25, 0.3) is 0 Å². The number of hydrogen-bond donors (Lipinski definition) is 4. The highest BCUT2D eigenvalue weighted by Crippen LogP contribution is 2.22. The first kappa shape index (κ1) is 20.9. The fraction of sp³-hybridized carbons (Fsp3) is 0.238. The Hall–Kier alpha value is -2.84. The lowest BCUT2D eigenvalue weighted by molar-refractivity contribution is 0.248. The molecule has 0 radical (unpaired) electrons. The molecule has 0 spiro atoms. The molecule has 4 amide bonds. The molecule has 3 aromatic rings. The van der Waals surface area contributed by atoms with E-state index in [1.54, 1.807) is 28.7 Å². The second-order valence-corrected chi connectivity index (χ2v) is 8.66. The molecule has 2 heterocycles. The third-order valence-electron chi connectivity index (χ3n) is 4.38. The summed E-state index contributed by atoms with van der Waals surface area (Å²) in [5.74, 6) is 0. The van der Waals surface area contributed by atoms with E-state index in [-0.39, 0.29) is 24.1 Å². The molecular formula is C21H24N4O2S2. The lowest BCUT2D eigenvalue weighted by Gasteiger charge is -2.16. The van der Waals surface area contributed by atoms with Crippen LogP contribution in [0.3, 0.4) is 0 Å². The summed E-state index contributed by atoms with van der Waals surface area (Å²) in [6.45, 7) is 5.78. The molecule has 29 heavy (non-hydrogen) atoms. The van der Waals surface area contributed by atoms with Crippen LogP contribution in [0.5, 0.6) is 0 Å². The Morgan fingerprint density at radius 3 is 1.90 bits per heavy atom. The fourth-order valence-corrected chi connectivity index (χ4v) is 4.24. The monoisotopic (exact) mass is 428 g/mol. The molecule has 2 atom stereocenters. The Balaban J connectivity index is 1.58. The summed E-state index contributed by atoms with van der Waals surface area (Å²) < 4.78 is 0. The van der Waals surface area contributed by atoms with Gasteiger partial charge in [0.2, 0.25) is 0 Å². The van der Waals surface area contributed by atoms with Gasteiger partial charge >= 0.3 is 12.1 Å². The number of nitrogens with one attached hydrogen (secondary N) is 4. The van der Waals surface area contributed by atoms with Crippen molar-refractivity contribution in [1.29, 1.82) is 0 Å². The van der Waals surface area contributed by atoms with Gasteiger partial charge in [-0.3, -0.25) is 0 Å². The Labute approximate surface area is 178 Å². The predicted octanol–water partition coefficient (Wildman–Crippen LogP) is 5.88. The molecule has 8 heteroatoms. The highest BCUT2D eigenvalue weighted by Gasteiger charge is 2.13. The zero-order valence-corrected chi connectivity index (χ0v) is 18.1.